The molecule has 0 unspecified atom stereocenters. The normalized spacial score (nSPS) is 13.0. The molecule has 438 valence electrons. The molecule has 0 bridgehead atoms. The summed E-state index contributed by atoms with van der Waals surface area (Å²) in [5.41, 5.74) is 24.7. The van der Waals surface area contributed by atoms with Gasteiger partial charge >= 0.3 is 0 Å². The van der Waals surface area contributed by atoms with Crippen LogP contribution in [0, 0.1) is 46.6 Å². The van der Waals surface area contributed by atoms with Crippen LogP contribution in [0.3, 0.4) is 0 Å². The molecule has 3 heteroatoms. The van der Waals surface area contributed by atoms with E-state index in [0.717, 1.165) is 98.3 Å². The summed E-state index contributed by atoms with van der Waals surface area (Å²) in [6, 6.07) is 41.3. The molecule has 1 N–H and O–H groups in total. The van der Waals surface area contributed by atoms with Crippen LogP contribution in [0.2, 0.25) is 33.2 Å². The van der Waals surface area contributed by atoms with Crippen LogP contribution in [0.4, 0.5) is 0 Å². The van der Waals surface area contributed by atoms with E-state index in [1.807, 2.05) is 0 Å². The molecular weight excluding hydrogens is 1060 g/mol. The number of hydrogen-bond donors (Lipinski definition) is 1. The van der Waals surface area contributed by atoms with Gasteiger partial charge in [0.2, 0.25) is 0 Å². The van der Waals surface area contributed by atoms with Crippen molar-refractivity contribution in [1.29, 1.82) is 0 Å². The number of aromatic amines is 1. The molecule has 1 aromatic heterocycles. The summed E-state index contributed by atoms with van der Waals surface area (Å²) >= 11 is 0. The van der Waals surface area contributed by atoms with Crippen molar-refractivity contribution in [3.63, 3.8) is 0 Å². The highest BCUT2D eigenvalue weighted by Crippen LogP contribution is 2.47. The quantitative estimate of drug-likeness (QED) is 0.0970. The minimum atomic E-state index is -2.24. The zero-order valence-electron chi connectivity index (χ0n) is 56.4. The van der Waals surface area contributed by atoms with Crippen LogP contribution in [0.25, 0.3) is 64.9 Å². The first-order valence-corrected chi connectivity index (χ1v) is 36.3. The van der Waals surface area contributed by atoms with Crippen molar-refractivity contribution in [1.82, 2.24) is 4.98 Å². The van der Waals surface area contributed by atoms with E-state index >= 15 is 0 Å². The van der Waals surface area contributed by atoms with Gasteiger partial charge < -0.3 is 4.98 Å². The summed E-state index contributed by atoms with van der Waals surface area (Å²) in [6.07, 6.45) is 0. The van der Waals surface area contributed by atoms with Gasteiger partial charge in [0.1, 0.15) is 16.1 Å². The van der Waals surface area contributed by atoms with Crippen LogP contribution in [-0.4, -0.2) is 21.1 Å². The van der Waals surface area contributed by atoms with E-state index in [2.05, 4.69) is 327 Å². The van der Waals surface area contributed by atoms with E-state index in [4.69, 9.17) is 0 Å². The van der Waals surface area contributed by atoms with Crippen molar-refractivity contribution in [2.75, 3.05) is 0 Å². The first-order valence-electron chi connectivity index (χ1n) is 31.9. The Morgan fingerprint density at radius 3 is 0.824 bits per heavy atom. The lowest BCUT2D eigenvalue weighted by molar-refractivity contribution is 0.567. The van der Waals surface area contributed by atoms with Crippen LogP contribution in [0.5, 0.6) is 0 Å². The first kappa shape index (κ1) is 62.8. The number of nitrogens with one attached hydrogen (secondary N) is 1. The van der Waals surface area contributed by atoms with Crippen LogP contribution in [0.15, 0.2) is 109 Å². The summed E-state index contributed by atoms with van der Waals surface area (Å²) in [5, 5.41) is 11.4. The SMILES string of the molecule is CC(C)[Si](C#Cc1c2ccccc2c(C#Cc2cc(C(C)(C)C)cc(C(C)(C)C)c2)c2ccc3[nH]c4ccc5c(C#Cc6cc(C(C)(C)C)cc(C(C)(C)C)c6)c6ccccc6c(C#C[Si](C(C)C)(C(C)C)C(C)C)c5c4c3c12)(C(C)C)C(C)C. The summed E-state index contributed by atoms with van der Waals surface area (Å²) in [4.78, 5) is 4.05. The second-order valence-electron chi connectivity index (χ2n) is 30.9. The predicted octanol–water partition coefficient (Wildman–Crippen LogP) is 23.1. The average Bonchev–Trinajstić information content (AvgIpc) is 1.68. The fourth-order valence-corrected chi connectivity index (χ4v) is 25.0. The maximum absolute atomic E-state index is 4.27. The molecule has 0 fully saturated rings. The van der Waals surface area contributed by atoms with Crippen molar-refractivity contribution in [3.05, 3.63) is 165 Å². The highest BCUT2D eigenvalue weighted by Gasteiger charge is 2.43. The van der Waals surface area contributed by atoms with Gasteiger partial charge in [0.15, 0.2) is 0 Å². The van der Waals surface area contributed by atoms with Crippen LogP contribution < -0.4 is 0 Å². The summed E-state index contributed by atoms with van der Waals surface area (Å²) in [6.45, 7) is 56.7. The molecule has 0 amide bonds. The average molecular weight is 1150 g/mol. The predicted molar refractivity (Wildman–Crippen MR) is 381 cm³/mol. The standard InChI is InChI=1S/C82H97NSi2/c1-51(2)84(52(3)4,53(5)6)43-41-71-65-31-27-25-29-63(65)67(35-33-57-45-59(79(13,14)15)49-60(46-57)80(16,17)18)69-37-39-73-77(75(69)71)78-74(83-73)40-38-70-68(36-34-58-47-61(81(19,20)21)50-62(48-58)82(22,23)24)64-30-26-28-32-66(64)72(76(70)78)42-44-85(54(7)8,55(9)10)56(11)12/h25-32,37-40,45-56,83H,1-24H3. The summed E-state index contributed by atoms with van der Waals surface area (Å²) in [5.74, 6) is 23.9. The fraction of sp³-hybridized carbons (Fsp3) is 0.415. The van der Waals surface area contributed by atoms with Crippen molar-refractivity contribution in [2.24, 2.45) is 0 Å². The monoisotopic (exact) mass is 1150 g/mol. The van der Waals surface area contributed by atoms with Crippen molar-refractivity contribution < 1.29 is 0 Å². The van der Waals surface area contributed by atoms with Crippen LogP contribution >= 0.6 is 0 Å². The van der Waals surface area contributed by atoms with Gasteiger partial charge in [-0.3, -0.25) is 0 Å². The zero-order valence-corrected chi connectivity index (χ0v) is 58.4. The molecular formula is C82H97NSi2. The van der Waals surface area contributed by atoms with Gasteiger partial charge in [0.05, 0.1) is 0 Å². The van der Waals surface area contributed by atoms with Gasteiger partial charge in [-0.1, -0.05) is 274 Å². The second-order valence-corrected chi connectivity index (χ2v) is 42.1. The molecule has 8 aromatic carbocycles. The number of H-pyrrole nitrogens is 1. The van der Waals surface area contributed by atoms with E-state index in [1.54, 1.807) is 0 Å². The Bertz CT molecular complexity index is 3980. The lowest BCUT2D eigenvalue weighted by atomic mass is 9.79. The molecule has 0 spiro atoms. The van der Waals surface area contributed by atoms with Crippen LogP contribution in [0.1, 0.15) is 222 Å². The number of benzene rings is 8. The minimum Gasteiger partial charge on any atom is -0.354 e. The van der Waals surface area contributed by atoms with E-state index in [-0.39, 0.29) is 21.7 Å². The third-order valence-corrected chi connectivity index (χ3v) is 32.0. The lowest BCUT2D eigenvalue weighted by Crippen LogP contribution is -2.43. The molecule has 9 aromatic rings. The highest BCUT2D eigenvalue weighted by molar-refractivity contribution is 6.91. The first-order chi connectivity index (χ1) is 39.6. The van der Waals surface area contributed by atoms with Gasteiger partial charge in [0.25, 0.3) is 0 Å². The third-order valence-electron chi connectivity index (χ3n) is 19.4. The van der Waals surface area contributed by atoms with Crippen molar-refractivity contribution in [2.45, 2.75) is 221 Å². The van der Waals surface area contributed by atoms with Crippen molar-refractivity contribution in [3.8, 4) is 46.6 Å². The molecule has 1 nitrogen and oxygen atoms in total. The van der Waals surface area contributed by atoms with Gasteiger partial charge in [-0.05, 0) is 146 Å². The Balaban J connectivity index is 1.55. The topological polar surface area (TPSA) is 15.8 Å². The molecule has 85 heavy (non-hydrogen) atoms. The Kier molecular flexibility index (Phi) is 16.9. The van der Waals surface area contributed by atoms with E-state index < -0.39 is 16.1 Å². The van der Waals surface area contributed by atoms with E-state index in [0.29, 0.717) is 33.2 Å². The third kappa shape index (κ3) is 11.5. The van der Waals surface area contributed by atoms with Gasteiger partial charge in [-0.15, -0.1) is 11.1 Å². The Morgan fingerprint density at radius 1 is 0.294 bits per heavy atom. The molecule has 0 aliphatic rings. The summed E-state index contributed by atoms with van der Waals surface area (Å²) < 4.78 is 0. The number of aromatic nitrogens is 1. The Labute approximate surface area is 515 Å². The number of hydrogen-bond acceptors (Lipinski definition) is 0. The second kappa shape index (κ2) is 22.8. The molecule has 0 saturated carbocycles. The van der Waals surface area contributed by atoms with Crippen molar-refractivity contribution >= 4 is 81.0 Å². The molecule has 0 saturated heterocycles. The number of rotatable bonds is 6. The van der Waals surface area contributed by atoms with Gasteiger partial charge in [0, 0.05) is 66.0 Å². The summed E-state index contributed by atoms with van der Waals surface area (Å²) in [7, 11) is -4.49. The molecule has 0 radical (unpaired) electrons. The Hall–Kier alpha value is -6.73. The molecule has 0 atom stereocenters. The fourth-order valence-electron chi connectivity index (χ4n) is 14.5. The van der Waals surface area contributed by atoms with E-state index in [9.17, 15) is 0 Å². The molecule has 9 rings (SSSR count). The Morgan fingerprint density at radius 2 is 0.565 bits per heavy atom. The lowest BCUT2D eigenvalue weighted by Gasteiger charge is -2.38. The van der Waals surface area contributed by atoms with Gasteiger partial charge in [-0.2, -0.15) is 0 Å². The minimum absolute atomic E-state index is 0.0449. The molecule has 0 aliphatic heterocycles. The maximum Gasteiger partial charge on any atom is 0.146 e. The number of fused-ring (bicyclic) bond motifs is 9. The maximum atomic E-state index is 4.27. The molecule has 1 heterocycles. The largest absolute Gasteiger partial charge is 0.354 e. The smallest absolute Gasteiger partial charge is 0.146 e. The zero-order chi connectivity index (χ0) is 62.3. The van der Waals surface area contributed by atoms with Crippen LogP contribution in [-0.2, 0) is 21.7 Å². The molecule has 0 aliphatic carbocycles. The van der Waals surface area contributed by atoms with E-state index in [1.165, 1.54) is 22.3 Å². The highest BCUT2D eigenvalue weighted by atomic mass is 28.3. The van der Waals surface area contributed by atoms with Gasteiger partial charge in [-0.25, -0.2) is 0 Å².